The highest BCUT2D eigenvalue weighted by Gasteiger charge is 2.21. The van der Waals surface area contributed by atoms with E-state index in [4.69, 9.17) is 9.47 Å². The third-order valence-corrected chi connectivity index (χ3v) is 2.77. The molecule has 1 unspecified atom stereocenters. The number of pyridine rings is 1. The molecule has 6 nitrogen and oxygen atoms in total. The Morgan fingerprint density at radius 2 is 2.21 bits per heavy atom. The van der Waals surface area contributed by atoms with Crippen molar-refractivity contribution in [2.24, 2.45) is 0 Å². The van der Waals surface area contributed by atoms with E-state index in [9.17, 15) is 9.90 Å². The summed E-state index contributed by atoms with van der Waals surface area (Å²) >= 11 is 0. The van der Waals surface area contributed by atoms with E-state index in [0.29, 0.717) is 25.6 Å². The van der Waals surface area contributed by atoms with E-state index in [-0.39, 0.29) is 11.6 Å². The lowest BCUT2D eigenvalue weighted by Crippen LogP contribution is -2.40. The highest BCUT2D eigenvalue weighted by Crippen LogP contribution is 2.19. The van der Waals surface area contributed by atoms with Gasteiger partial charge in [-0.2, -0.15) is 0 Å². The maximum atomic E-state index is 11.3. The number of carboxylic acids is 1. The Morgan fingerprint density at radius 3 is 2.79 bits per heavy atom. The number of carboxylic acid groups (broad SMARTS) is 1. The molecule has 0 aliphatic carbocycles. The molecule has 19 heavy (non-hydrogen) atoms. The van der Waals surface area contributed by atoms with E-state index in [1.165, 1.54) is 0 Å². The van der Waals surface area contributed by atoms with Gasteiger partial charge in [-0.3, -0.25) is 0 Å². The fourth-order valence-corrected chi connectivity index (χ4v) is 1.85. The summed E-state index contributed by atoms with van der Waals surface area (Å²) in [7, 11) is 3.22. The van der Waals surface area contributed by atoms with Crippen LogP contribution in [0.3, 0.4) is 0 Å². The molecule has 0 aromatic carbocycles. The number of ether oxygens (including phenoxy) is 2. The lowest BCUT2D eigenvalue weighted by molar-refractivity contribution is 0.0696. The summed E-state index contributed by atoms with van der Waals surface area (Å²) in [6.45, 7) is 3.49. The van der Waals surface area contributed by atoms with Gasteiger partial charge in [-0.05, 0) is 19.1 Å². The maximum Gasteiger partial charge on any atom is 0.339 e. The number of nitrogens with zero attached hydrogens (tertiary/aromatic N) is 2. The van der Waals surface area contributed by atoms with Crippen molar-refractivity contribution in [2.75, 3.05) is 38.9 Å². The number of methoxy groups -OCH3 is 2. The van der Waals surface area contributed by atoms with Crippen molar-refractivity contribution in [1.82, 2.24) is 4.98 Å². The van der Waals surface area contributed by atoms with E-state index >= 15 is 0 Å². The van der Waals surface area contributed by atoms with E-state index in [1.807, 2.05) is 11.8 Å². The molecule has 0 aliphatic heterocycles. The second-order valence-electron chi connectivity index (χ2n) is 4.17. The highest BCUT2D eigenvalue weighted by atomic mass is 16.5. The van der Waals surface area contributed by atoms with Crippen molar-refractivity contribution >= 4 is 11.8 Å². The lowest BCUT2D eigenvalue weighted by atomic mass is 10.2. The third-order valence-electron chi connectivity index (χ3n) is 2.77. The van der Waals surface area contributed by atoms with Gasteiger partial charge in [-0.15, -0.1) is 0 Å². The average Bonchev–Trinajstić information content (AvgIpc) is 2.40. The van der Waals surface area contributed by atoms with Gasteiger partial charge in [0.2, 0.25) is 0 Å². The number of aromatic nitrogens is 1. The van der Waals surface area contributed by atoms with Crippen molar-refractivity contribution in [2.45, 2.75) is 13.0 Å². The molecule has 0 spiro atoms. The first-order chi connectivity index (χ1) is 9.11. The minimum atomic E-state index is -0.991. The first kappa shape index (κ1) is 15.4. The van der Waals surface area contributed by atoms with Crippen molar-refractivity contribution in [3.8, 4) is 0 Å². The summed E-state index contributed by atoms with van der Waals surface area (Å²) in [4.78, 5) is 17.3. The first-order valence-electron chi connectivity index (χ1n) is 6.04. The number of carbonyl (C=O) groups is 1. The van der Waals surface area contributed by atoms with Crippen LogP contribution in [0, 0.1) is 0 Å². The molecule has 0 bridgehead atoms. The largest absolute Gasteiger partial charge is 0.478 e. The molecule has 1 aromatic rings. The molecule has 1 aromatic heterocycles. The van der Waals surface area contributed by atoms with Crippen LogP contribution in [0.15, 0.2) is 18.3 Å². The molecular weight excluding hydrogens is 248 g/mol. The monoisotopic (exact) mass is 268 g/mol. The summed E-state index contributed by atoms with van der Waals surface area (Å²) in [5, 5.41) is 9.22. The maximum absolute atomic E-state index is 11.3. The third kappa shape index (κ3) is 4.18. The Bertz CT molecular complexity index is 411. The lowest BCUT2D eigenvalue weighted by Gasteiger charge is -2.30. The zero-order chi connectivity index (χ0) is 14.3. The zero-order valence-corrected chi connectivity index (χ0v) is 11.5. The quantitative estimate of drug-likeness (QED) is 0.765. The average molecular weight is 268 g/mol. The molecule has 1 atom stereocenters. The molecule has 1 rings (SSSR count). The van der Waals surface area contributed by atoms with E-state index < -0.39 is 5.97 Å². The molecule has 1 heterocycles. The Morgan fingerprint density at radius 1 is 1.47 bits per heavy atom. The second-order valence-corrected chi connectivity index (χ2v) is 4.17. The normalized spacial score (nSPS) is 12.2. The van der Waals surface area contributed by atoms with Gasteiger partial charge in [0, 0.05) is 27.0 Å². The smallest absolute Gasteiger partial charge is 0.339 e. The minimum absolute atomic E-state index is 0.00755. The standard InChI is InChI=1S/C13H20N2O4/c1-10(9-19-3)15(7-8-18-2)12-11(13(16)17)5-4-6-14-12/h4-6,10H,7-9H2,1-3H3,(H,16,17). The molecule has 0 radical (unpaired) electrons. The highest BCUT2D eigenvalue weighted by molar-refractivity contribution is 5.93. The van der Waals surface area contributed by atoms with Crippen molar-refractivity contribution in [1.29, 1.82) is 0 Å². The van der Waals surface area contributed by atoms with Gasteiger partial charge in [0.05, 0.1) is 19.3 Å². The molecular formula is C13H20N2O4. The number of hydrogen-bond donors (Lipinski definition) is 1. The van der Waals surface area contributed by atoms with Gasteiger partial charge >= 0.3 is 5.97 Å². The molecule has 0 fully saturated rings. The topological polar surface area (TPSA) is 71.9 Å². The summed E-state index contributed by atoms with van der Waals surface area (Å²) in [5.74, 6) is -0.549. The van der Waals surface area contributed by atoms with Gasteiger partial charge in [0.25, 0.3) is 0 Å². The fourth-order valence-electron chi connectivity index (χ4n) is 1.85. The van der Waals surface area contributed by atoms with Gasteiger partial charge in [-0.1, -0.05) is 0 Å². The number of aromatic carboxylic acids is 1. The molecule has 0 saturated carbocycles. The Labute approximate surface area is 113 Å². The first-order valence-corrected chi connectivity index (χ1v) is 6.04. The van der Waals surface area contributed by atoms with Crippen LogP contribution in [0.2, 0.25) is 0 Å². The van der Waals surface area contributed by atoms with Crippen LogP contribution in [0.1, 0.15) is 17.3 Å². The molecule has 0 amide bonds. The van der Waals surface area contributed by atoms with Crippen LogP contribution >= 0.6 is 0 Å². The zero-order valence-electron chi connectivity index (χ0n) is 11.5. The van der Waals surface area contributed by atoms with Crippen molar-refractivity contribution < 1.29 is 19.4 Å². The molecule has 0 saturated heterocycles. The van der Waals surface area contributed by atoms with Crippen LogP contribution in [0.4, 0.5) is 5.82 Å². The Balaban J connectivity index is 3.05. The van der Waals surface area contributed by atoms with Crippen LogP contribution < -0.4 is 4.90 Å². The molecule has 106 valence electrons. The Kier molecular flexibility index (Phi) is 6.24. The Hall–Kier alpha value is -1.66. The van der Waals surface area contributed by atoms with Crippen molar-refractivity contribution in [3.05, 3.63) is 23.9 Å². The van der Waals surface area contributed by atoms with Crippen LogP contribution in [-0.2, 0) is 9.47 Å². The number of rotatable bonds is 8. The van der Waals surface area contributed by atoms with Crippen LogP contribution in [0.25, 0.3) is 0 Å². The SMILES string of the molecule is COCCN(c1ncccc1C(=O)O)C(C)COC. The molecule has 6 heteroatoms. The fraction of sp³-hybridized carbons (Fsp3) is 0.538. The van der Waals surface area contributed by atoms with Gasteiger partial charge < -0.3 is 19.5 Å². The van der Waals surface area contributed by atoms with Crippen LogP contribution in [-0.4, -0.2) is 56.1 Å². The van der Waals surface area contributed by atoms with E-state index in [0.717, 1.165) is 0 Å². The molecule has 1 N–H and O–H groups in total. The minimum Gasteiger partial charge on any atom is -0.478 e. The van der Waals surface area contributed by atoms with E-state index in [1.54, 1.807) is 32.5 Å². The summed E-state index contributed by atoms with van der Waals surface area (Å²) in [6.07, 6.45) is 1.58. The van der Waals surface area contributed by atoms with Gasteiger partial charge in [-0.25, -0.2) is 9.78 Å². The second kappa shape index (κ2) is 7.70. The van der Waals surface area contributed by atoms with E-state index in [2.05, 4.69) is 4.98 Å². The van der Waals surface area contributed by atoms with Crippen molar-refractivity contribution in [3.63, 3.8) is 0 Å². The summed E-state index contributed by atoms with van der Waals surface area (Å²) < 4.78 is 10.2. The molecule has 0 aliphatic rings. The summed E-state index contributed by atoms with van der Waals surface area (Å²) in [6, 6.07) is 3.17. The van der Waals surface area contributed by atoms with Gasteiger partial charge in [0.15, 0.2) is 0 Å². The predicted octanol–water partition coefficient (Wildman–Crippen LogP) is 1.27. The van der Waals surface area contributed by atoms with Crippen LogP contribution in [0.5, 0.6) is 0 Å². The summed E-state index contributed by atoms with van der Waals surface area (Å²) in [5.41, 5.74) is 0.182. The predicted molar refractivity (Wildman–Crippen MR) is 71.8 cm³/mol. The number of hydrogen-bond acceptors (Lipinski definition) is 5. The number of anilines is 1. The van der Waals surface area contributed by atoms with Gasteiger partial charge in [0.1, 0.15) is 11.4 Å².